The molecule has 0 amide bonds. The fourth-order valence-corrected chi connectivity index (χ4v) is 1.87. The Balaban J connectivity index is 2.40. The van der Waals surface area contributed by atoms with Gasteiger partial charge >= 0.3 is 0 Å². The first-order valence-electron chi connectivity index (χ1n) is 5.88. The third-order valence-corrected chi connectivity index (χ3v) is 2.98. The Hall–Kier alpha value is -2.08. The average Bonchev–Trinajstić information content (AvgIpc) is 2.35. The maximum absolute atomic E-state index is 13.8. The van der Waals surface area contributed by atoms with Gasteiger partial charge in [-0.2, -0.15) is 0 Å². The van der Waals surface area contributed by atoms with E-state index in [0.717, 1.165) is 12.1 Å². The van der Waals surface area contributed by atoms with Crippen LogP contribution in [0.2, 0.25) is 0 Å². The maximum Gasteiger partial charge on any atom is 0.147 e. The van der Waals surface area contributed by atoms with Crippen LogP contribution in [-0.2, 0) is 0 Å². The Morgan fingerprint density at radius 1 is 1.15 bits per heavy atom. The molecule has 1 aromatic carbocycles. The van der Waals surface area contributed by atoms with Gasteiger partial charge < -0.3 is 11.1 Å². The molecule has 1 heterocycles. The number of thiocarbonyl (C=S) groups is 1. The second-order valence-corrected chi connectivity index (χ2v) is 4.89. The summed E-state index contributed by atoms with van der Waals surface area (Å²) >= 11 is 4.90. The maximum atomic E-state index is 13.8. The van der Waals surface area contributed by atoms with E-state index in [9.17, 15) is 8.78 Å². The zero-order valence-electron chi connectivity index (χ0n) is 11.0. The lowest BCUT2D eigenvalue weighted by Crippen LogP contribution is -2.11. The zero-order valence-corrected chi connectivity index (χ0v) is 11.8. The van der Waals surface area contributed by atoms with E-state index in [1.54, 1.807) is 19.1 Å². The van der Waals surface area contributed by atoms with Crippen LogP contribution >= 0.6 is 12.2 Å². The van der Waals surface area contributed by atoms with Gasteiger partial charge in [-0.15, -0.1) is 0 Å². The molecule has 0 atom stereocenters. The number of benzene rings is 1. The van der Waals surface area contributed by atoms with Crippen molar-refractivity contribution < 1.29 is 8.78 Å². The number of nitrogens with two attached hydrogens (primary N) is 1. The molecular weight excluding hydrogens is 280 g/mol. The van der Waals surface area contributed by atoms with Crippen LogP contribution in [0.25, 0.3) is 0 Å². The minimum Gasteiger partial charge on any atom is -0.389 e. The molecule has 1 aromatic heterocycles. The van der Waals surface area contributed by atoms with Crippen molar-refractivity contribution in [2.75, 3.05) is 5.32 Å². The second kappa shape index (κ2) is 5.50. The molecule has 2 rings (SSSR count). The molecule has 2 aromatic rings. The standard InChI is InChI=1S/C14H13F2N3S/c1-7-3-11(16)12(6-10(7)15)19-13-5-9(14(17)20)4-8(2)18-13/h3-6H,1-2H3,(H2,17,20)(H,18,19). The number of halogens is 2. The molecule has 0 fully saturated rings. The van der Waals surface area contributed by atoms with Crippen LogP contribution in [0, 0.1) is 25.5 Å². The summed E-state index contributed by atoms with van der Waals surface area (Å²) in [6.45, 7) is 3.26. The Morgan fingerprint density at radius 2 is 1.85 bits per heavy atom. The molecule has 3 N–H and O–H groups in total. The molecule has 0 saturated heterocycles. The Morgan fingerprint density at radius 3 is 2.50 bits per heavy atom. The monoisotopic (exact) mass is 293 g/mol. The topological polar surface area (TPSA) is 50.9 Å². The van der Waals surface area contributed by atoms with Crippen molar-refractivity contribution >= 4 is 28.7 Å². The van der Waals surface area contributed by atoms with Gasteiger partial charge in [0.1, 0.15) is 22.4 Å². The number of nitrogens with one attached hydrogen (secondary N) is 1. The van der Waals surface area contributed by atoms with Gasteiger partial charge in [-0.05, 0) is 37.6 Å². The van der Waals surface area contributed by atoms with Crippen molar-refractivity contribution in [3.05, 3.63) is 52.7 Å². The second-order valence-electron chi connectivity index (χ2n) is 4.45. The summed E-state index contributed by atoms with van der Waals surface area (Å²) in [5, 5.41) is 2.74. The van der Waals surface area contributed by atoms with E-state index in [4.69, 9.17) is 18.0 Å². The van der Waals surface area contributed by atoms with Crippen LogP contribution in [0.5, 0.6) is 0 Å². The SMILES string of the molecule is Cc1cc(C(N)=S)cc(Nc2cc(F)c(C)cc2F)n1. The number of anilines is 2. The van der Waals surface area contributed by atoms with E-state index in [2.05, 4.69) is 10.3 Å². The lowest BCUT2D eigenvalue weighted by Gasteiger charge is -2.10. The Bertz CT molecular complexity index is 686. The summed E-state index contributed by atoms with van der Waals surface area (Å²) in [6.07, 6.45) is 0. The van der Waals surface area contributed by atoms with Gasteiger partial charge in [-0.3, -0.25) is 0 Å². The number of nitrogens with zero attached hydrogens (tertiary/aromatic N) is 1. The van der Waals surface area contributed by atoms with E-state index in [1.807, 2.05) is 0 Å². The van der Waals surface area contributed by atoms with Gasteiger partial charge in [0.15, 0.2) is 0 Å². The Kier molecular flexibility index (Phi) is 3.94. The lowest BCUT2D eigenvalue weighted by atomic mass is 10.2. The molecular formula is C14H13F2N3S. The molecule has 3 nitrogen and oxygen atoms in total. The summed E-state index contributed by atoms with van der Waals surface area (Å²) in [4.78, 5) is 4.41. The van der Waals surface area contributed by atoms with Crippen molar-refractivity contribution in [1.82, 2.24) is 4.98 Å². The number of hydrogen-bond acceptors (Lipinski definition) is 3. The molecule has 0 aliphatic heterocycles. The highest BCUT2D eigenvalue weighted by Crippen LogP contribution is 2.23. The summed E-state index contributed by atoms with van der Waals surface area (Å²) in [7, 11) is 0. The van der Waals surface area contributed by atoms with E-state index in [-0.39, 0.29) is 16.2 Å². The molecule has 104 valence electrons. The molecule has 0 radical (unpaired) electrons. The van der Waals surface area contributed by atoms with Crippen molar-refractivity contribution in [2.24, 2.45) is 5.73 Å². The Labute approximate surface area is 120 Å². The number of aromatic nitrogens is 1. The number of pyridine rings is 1. The first-order valence-corrected chi connectivity index (χ1v) is 6.29. The minimum absolute atomic E-state index is 0.0140. The van der Waals surface area contributed by atoms with Crippen LogP contribution in [0.15, 0.2) is 24.3 Å². The van der Waals surface area contributed by atoms with E-state index >= 15 is 0 Å². The van der Waals surface area contributed by atoms with Gasteiger partial charge in [0, 0.05) is 17.3 Å². The number of aryl methyl sites for hydroxylation is 2. The molecule has 0 aliphatic rings. The van der Waals surface area contributed by atoms with Crippen molar-refractivity contribution in [2.45, 2.75) is 13.8 Å². The largest absolute Gasteiger partial charge is 0.389 e. The summed E-state index contributed by atoms with van der Waals surface area (Å²) in [5.41, 5.74) is 7.10. The molecule has 20 heavy (non-hydrogen) atoms. The average molecular weight is 293 g/mol. The normalized spacial score (nSPS) is 10.4. The van der Waals surface area contributed by atoms with Gasteiger partial charge in [-0.25, -0.2) is 13.8 Å². The molecule has 0 spiro atoms. The third kappa shape index (κ3) is 3.08. The third-order valence-electron chi connectivity index (χ3n) is 2.75. The van der Waals surface area contributed by atoms with Gasteiger partial charge in [0.2, 0.25) is 0 Å². The van der Waals surface area contributed by atoms with E-state index < -0.39 is 11.6 Å². The van der Waals surface area contributed by atoms with Crippen LogP contribution in [-0.4, -0.2) is 9.97 Å². The predicted molar refractivity (Wildman–Crippen MR) is 79.2 cm³/mol. The van der Waals surface area contributed by atoms with Crippen molar-refractivity contribution in [3.8, 4) is 0 Å². The highest BCUT2D eigenvalue weighted by molar-refractivity contribution is 7.80. The summed E-state index contributed by atoms with van der Waals surface area (Å²) in [5.74, 6) is -0.685. The van der Waals surface area contributed by atoms with Crippen LogP contribution < -0.4 is 11.1 Å². The summed E-state index contributed by atoms with van der Waals surface area (Å²) < 4.78 is 27.2. The van der Waals surface area contributed by atoms with Crippen molar-refractivity contribution in [1.29, 1.82) is 0 Å². The predicted octanol–water partition coefficient (Wildman–Crippen LogP) is 3.35. The van der Waals surface area contributed by atoms with Gasteiger partial charge in [0.25, 0.3) is 0 Å². The minimum atomic E-state index is -0.552. The number of rotatable bonds is 3. The molecule has 0 unspecified atom stereocenters. The smallest absolute Gasteiger partial charge is 0.147 e. The van der Waals surface area contributed by atoms with Crippen LogP contribution in [0.1, 0.15) is 16.8 Å². The van der Waals surface area contributed by atoms with Crippen molar-refractivity contribution in [3.63, 3.8) is 0 Å². The van der Waals surface area contributed by atoms with E-state index in [1.165, 1.54) is 6.92 Å². The van der Waals surface area contributed by atoms with E-state index in [0.29, 0.717) is 17.1 Å². The molecule has 0 bridgehead atoms. The van der Waals surface area contributed by atoms with Gasteiger partial charge in [-0.1, -0.05) is 12.2 Å². The number of hydrogen-bond donors (Lipinski definition) is 2. The molecule has 0 aliphatic carbocycles. The highest BCUT2D eigenvalue weighted by Gasteiger charge is 2.09. The highest BCUT2D eigenvalue weighted by atomic mass is 32.1. The lowest BCUT2D eigenvalue weighted by molar-refractivity contribution is 0.595. The van der Waals surface area contributed by atoms with Gasteiger partial charge in [0.05, 0.1) is 5.69 Å². The quantitative estimate of drug-likeness (QED) is 0.852. The first kappa shape index (κ1) is 14.3. The molecule has 6 heteroatoms. The zero-order chi connectivity index (χ0) is 14.9. The fraction of sp³-hybridized carbons (Fsp3) is 0.143. The first-order chi connectivity index (χ1) is 9.36. The molecule has 0 saturated carbocycles. The fourth-order valence-electron chi connectivity index (χ4n) is 1.75. The van der Waals surface area contributed by atoms with Crippen LogP contribution in [0.4, 0.5) is 20.3 Å². The van der Waals surface area contributed by atoms with Crippen LogP contribution in [0.3, 0.4) is 0 Å². The summed E-state index contributed by atoms with van der Waals surface area (Å²) in [6, 6.07) is 5.53.